The molecule has 2 aliphatic rings. The minimum Gasteiger partial charge on any atom is -0.311 e. The predicted octanol–water partition coefficient (Wildman–Crippen LogP) is 1.45. The van der Waals surface area contributed by atoms with Crippen molar-refractivity contribution in [1.82, 2.24) is 10.2 Å². The van der Waals surface area contributed by atoms with E-state index in [4.69, 9.17) is 0 Å². The van der Waals surface area contributed by atoms with Gasteiger partial charge in [-0.15, -0.1) is 0 Å². The zero-order valence-electron chi connectivity index (χ0n) is 11.1. The Hall–Kier alpha value is -1.44. The molecule has 5 nitrogen and oxygen atoms in total. The lowest BCUT2D eigenvalue weighted by Gasteiger charge is -2.31. The van der Waals surface area contributed by atoms with Gasteiger partial charge in [-0.3, -0.25) is 19.7 Å². The van der Waals surface area contributed by atoms with E-state index in [1.807, 2.05) is 0 Å². The van der Waals surface area contributed by atoms with Crippen molar-refractivity contribution in [2.24, 2.45) is 0 Å². The molecule has 6 heteroatoms. The van der Waals surface area contributed by atoms with Crippen LogP contribution in [-0.2, 0) is 14.4 Å². The molecule has 0 saturated carbocycles. The van der Waals surface area contributed by atoms with Gasteiger partial charge >= 0.3 is 0 Å². The van der Waals surface area contributed by atoms with Crippen molar-refractivity contribution in [3.63, 3.8) is 0 Å². The third-order valence-electron chi connectivity index (χ3n) is 3.41. The molecule has 2 aliphatic heterocycles. The van der Waals surface area contributed by atoms with Crippen molar-refractivity contribution >= 4 is 40.3 Å². The number of halogens is 1. The molecule has 2 heterocycles. The van der Waals surface area contributed by atoms with Gasteiger partial charge in [-0.1, -0.05) is 47.4 Å². The quantitative estimate of drug-likeness (QED) is 0.257. The topological polar surface area (TPSA) is 66.5 Å². The summed E-state index contributed by atoms with van der Waals surface area (Å²) >= 11 is 2.13. The Morgan fingerprint density at radius 2 is 2.10 bits per heavy atom. The molecule has 2 atom stereocenters. The van der Waals surface area contributed by atoms with Gasteiger partial charge in [0.15, 0.2) is 0 Å². The molecule has 0 aromatic carbocycles. The van der Waals surface area contributed by atoms with E-state index in [1.54, 1.807) is 30.1 Å². The summed E-state index contributed by atoms with van der Waals surface area (Å²) in [5.41, 5.74) is 1.44. The van der Waals surface area contributed by atoms with Gasteiger partial charge in [0.25, 0.3) is 5.91 Å². The van der Waals surface area contributed by atoms with Crippen molar-refractivity contribution in [3.8, 4) is 0 Å². The fourth-order valence-electron chi connectivity index (χ4n) is 2.48. The van der Waals surface area contributed by atoms with Crippen molar-refractivity contribution in [1.29, 1.82) is 0 Å². The molecule has 0 radical (unpaired) electrons. The smallest absolute Gasteiger partial charge is 0.255 e. The van der Waals surface area contributed by atoms with Crippen LogP contribution in [0.15, 0.2) is 36.0 Å². The molecule has 0 spiro atoms. The molecule has 2 fully saturated rings. The molecule has 1 N–H and O–H groups in total. The number of likely N-dealkylation sites (tertiary alicyclic amines) is 1. The van der Waals surface area contributed by atoms with Crippen LogP contribution >= 0.6 is 22.6 Å². The van der Waals surface area contributed by atoms with Gasteiger partial charge in [0.1, 0.15) is 10.1 Å². The van der Waals surface area contributed by atoms with E-state index in [1.165, 1.54) is 0 Å². The monoisotopic (exact) mass is 386 g/mol. The van der Waals surface area contributed by atoms with Gasteiger partial charge in [-0.2, -0.15) is 0 Å². The van der Waals surface area contributed by atoms with Gasteiger partial charge < -0.3 is 4.90 Å². The molecule has 0 bridgehead atoms. The first kappa shape index (κ1) is 15.0. The lowest BCUT2D eigenvalue weighted by atomic mass is 10.0. The van der Waals surface area contributed by atoms with Crippen molar-refractivity contribution in [3.05, 3.63) is 36.0 Å². The Labute approximate surface area is 130 Å². The maximum Gasteiger partial charge on any atom is 0.255 e. The van der Waals surface area contributed by atoms with Crippen LogP contribution in [-0.4, -0.2) is 32.7 Å². The molecule has 0 aromatic rings. The SMILES string of the molecule is C=C/C=C1\C(=C/C)C(=O)N(C2CCC(=O)NC2=O)C1I. The van der Waals surface area contributed by atoms with Gasteiger partial charge in [0.05, 0.1) is 0 Å². The maximum atomic E-state index is 12.5. The number of piperidine rings is 1. The minimum atomic E-state index is -0.590. The highest BCUT2D eigenvalue weighted by Crippen LogP contribution is 2.37. The molecule has 3 amide bonds. The number of imide groups is 1. The van der Waals surface area contributed by atoms with E-state index in [0.717, 1.165) is 5.57 Å². The summed E-state index contributed by atoms with van der Waals surface area (Å²) in [5.74, 6) is -0.850. The molecule has 2 unspecified atom stereocenters. The molecule has 2 saturated heterocycles. The standard InChI is InChI=1S/C14H15IN2O3/c1-3-5-9-8(4-2)14(20)17(12(9)15)10-6-7-11(18)16-13(10)19/h3-5,10,12H,1,6-7H2,2H3,(H,16,18,19)/b8-4+,9-5+. The van der Waals surface area contributed by atoms with Crippen LogP contribution in [0.4, 0.5) is 0 Å². The van der Waals surface area contributed by atoms with E-state index in [0.29, 0.717) is 12.0 Å². The number of rotatable bonds is 2. The van der Waals surface area contributed by atoms with Crippen LogP contribution in [0.3, 0.4) is 0 Å². The van der Waals surface area contributed by atoms with Crippen LogP contribution in [0.1, 0.15) is 19.8 Å². The van der Waals surface area contributed by atoms with E-state index < -0.39 is 11.9 Å². The molecular formula is C14H15IN2O3. The largest absolute Gasteiger partial charge is 0.311 e. The Balaban J connectivity index is 2.35. The first-order valence-corrected chi connectivity index (χ1v) is 7.55. The van der Waals surface area contributed by atoms with Crippen molar-refractivity contribution in [2.45, 2.75) is 29.9 Å². The summed E-state index contributed by atoms with van der Waals surface area (Å²) in [6.45, 7) is 5.45. The molecule has 0 aromatic heterocycles. The summed E-state index contributed by atoms with van der Waals surface area (Å²) < 4.78 is -0.228. The number of allylic oxidation sites excluding steroid dienone is 3. The number of carbonyl (C=O) groups excluding carboxylic acids is 3. The van der Waals surface area contributed by atoms with Crippen LogP contribution in [0.25, 0.3) is 0 Å². The number of hydrogen-bond acceptors (Lipinski definition) is 3. The van der Waals surface area contributed by atoms with E-state index in [2.05, 4.69) is 34.5 Å². The van der Waals surface area contributed by atoms with Gasteiger partial charge in [-0.05, 0) is 18.9 Å². The summed E-state index contributed by atoms with van der Waals surface area (Å²) in [5, 5.41) is 2.29. The summed E-state index contributed by atoms with van der Waals surface area (Å²) in [6.07, 6.45) is 5.79. The highest BCUT2D eigenvalue weighted by molar-refractivity contribution is 14.1. The first-order valence-electron chi connectivity index (χ1n) is 6.31. The van der Waals surface area contributed by atoms with Crippen LogP contribution in [0, 0.1) is 0 Å². The average Bonchev–Trinajstić information content (AvgIpc) is 2.63. The second kappa shape index (κ2) is 5.90. The zero-order valence-corrected chi connectivity index (χ0v) is 13.2. The lowest BCUT2D eigenvalue weighted by Crippen LogP contribution is -2.54. The van der Waals surface area contributed by atoms with Crippen LogP contribution in [0.5, 0.6) is 0 Å². The Bertz CT molecular complexity index is 551. The number of carbonyl (C=O) groups is 3. The van der Waals surface area contributed by atoms with Gasteiger partial charge in [0.2, 0.25) is 11.8 Å². The maximum absolute atomic E-state index is 12.5. The summed E-state index contributed by atoms with van der Waals surface area (Å²) in [4.78, 5) is 37.2. The molecule has 20 heavy (non-hydrogen) atoms. The second-order valence-electron chi connectivity index (χ2n) is 4.58. The number of nitrogens with zero attached hydrogens (tertiary/aromatic N) is 1. The first-order chi connectivity index (χ1) is 9.51. The Morgan fingerprint density at radius 1 is 1.40 bits per heavy atom. The number of alkyl halides is 1. The van der Waals surface area contributed by atoms with E-state index in [-0.39, 0.29) is 22.3 Å². The fraction of sp³-hybridized carbons (Fsp3) is 0.357. The van der Waals surface area contributed by atoms with Crippen LogP contribution < -0.4 is 5.32 Å². The van der Waals surface area contributed by atoms with Crippen molar-refractivity contribution < 1.29 is 14.4 Å². The Kier molecular flexibility index (Phi) is 4.42. The second-order valence-corrected chi connectivity index (χ2v) is 5.76. The highest BCUT2D eigenvalue weighted by atomic mass is 127. The predicted molar refractivity (Wildman–Crippen MR) is 82.9 cm³/mol. The third-order valence-corrected chi connectivity index (χ3v) is 4.68. The van der Waals surface area contributed by atoms with E-state index >= 15 is 0 Å². The Morgan fingerprint density at radius 3 is 2.65 bits per heavy atom. The minimum absolute atomic E-state index is 0.172. The molecule has 2 rings (SSSR count). The third kappa shape index (κ3) is 2.44. The lowest BCUT2D eigenvalue weighted by molar-refractivity contribution is -0.142. The normalized spacial score (nSPS) is 31.1. The zero-order chi connectivity index (χ0) is 14.9. The van der Waals surface area contributed by atoms with Gasteiger partial charge in [0, 0.05) is 12.0 Å². The van der Waals surface area contributed by atoms with Crippen molar-refractivity contribution in [2.75, 3.05) is 0 Å². The summed E-state index contributed by atoms with van der Waals surface area (Å²) in [7, 11) is 0. The average molecular weight is 386 g/mol. The molecule has 0 aliphatic carbocycles. The van der Waals surface area contributed by atoms with E-state index in [9.17, 15) is 14.4 Å². The molecule has 106 valence electrons. The van der Waals surface area contributed by atoms with Gasteiger partial charge in [-0.25, -0.2) is 0 Å². The molecular weight excluding hydrogens is 371 g/mol. The summed E-state index contributed by atoms with van der Waals surface area (Å²) in [6, 6.07) is -0.590. The number of amides is 3. The van der Waals surface area contributed by atoms with Crippen LogP contribution in [0.2, 0.25) is 0 Å². The highest BCUT2D eigenvalue weighted by Gasteiger charge is 2.45. The number of hydrogen-bond donors (Lipinski definition) is 1. The fourth-order valence-corrected chi connectivity index (χ4v) is 3.66. The number of nitrogens with one attached hydrogen (secondary N) is 1.